The minimum absolute atomic E-state index is 0.0894. The quantitative estimate of drug-likeness (QED) is 0.592. The van der Waals surface area contributed by atoms with Crippen molar-refractivity contribution in [3.8, 4) is 0 Å². The fourth-order valence-corrected chi connectivity index (χ4v) is 6.42. The van der Waals surface area contributed by atoms with Crippen LogP contribution in [0, 0.1) is 11.3 Å². The van der Waals surface area contributed by atoms with E-state index in [1.165, 1.54) is 7.11 Å². The lowest BCUT2D eigenvalue weighted by molar-refractivity contribution is -0.161. The van der Waals surface area contributed by atoms with E-state index >= 15 is 0 Å². The molecule has 1 heterocycles. The summed E-state index contributed by atoms with van der Waals surface area (Å²) in [7, 11) is 3.21. The van der Waals surface area contributed by atoms with Crippen molar-refractivity contribution in [3.63, 3.8) is 0 Å². The van der Waals surface area contributed by atoms with E-state index in [2.05, 4.69) is 6.92 Å². The maximum absolute atomic E-state index is 13.4. The van der Waals surface area contributed by atoms with Crippen molar-refractivity contribution in [2.75, 3.05) is 20.7 Å². The highest BCUT2D eigenvalue weighted by Crippen LogP contribution is 2.56. The standard InChI is InChI=1S/C22H29Cl2NO3/c1-12(2)16-14(23)10-13-17(18(16)24)19(26)25(5)11-15-21(13,3)8-7-9-22(15,4)20(27)28-6/h10,12,15H,7-9,11H2,1-6H3/t15-,21-,22-/m1/s1. The first-order valence-electron chi connectivity index (χ1n) is 9.85. The highest BCUT2D eigenvalue weighted by atomic mass is 35.5. The maximum atomic E-state index is 13.4. The molecule has 0 N–H and O–H groups in total. The Labute approximate surface area is 177 Å². The van der Waals surface area contributed by atoms with E-state index in [9.17, 15) is 9.59 Å². The zero-order valence-corrected chi connectivity index (χ0v) is 19.0. The van der Waals surface area contributed by atoms with Crippen LogP contribution in [0.15, 0.2) is 6.07 Å². The Morgan fingerprint density at radius 1 is 1.29 bits per heavy atom. The molecule has 1 aliphatic carbocycles. The van der Waals surface area contributed by atoms with Crippen molar-refractivity contribution in [2.45, 2.75) is 58.3 Å². The molecule has 1 fully saturated rings. The van der Waals surface area contributed by atoms with Gasteiger partial charge in [-0.1, -0.05) is 50.4 Å². The summed E-state index contributed by atoms with van der Waals surface area (Å²) >= 11 is 13.4. The second-order valence-electron chi connectivity index (χ2n) is 9.08. The molecule has 1 amide bonds. The lowest BCUT2D eigenvalue weighted by Crippen LogP contribution is -2.53. The first kappa shape index (κ1) is 21.4. The van der Waals surface area contributed by atoms with Crippen LogP contribution in [-0.4, -0.2) is 37.5 Å². The fraction of sp³-hybridized carbons (Fsp3) is 0.636. The molecule has 0 unspecified atom stereocenters. The van der Waals surface area contributed by atoms with E-state index in [0.29, 0.717) is 22.2 Å². The summed E-state index contributed by atoms with van der Waals surface area (Å²) in [5.41, 5.74) is 1.13. The first-order valence-corrected chi connectivity index (χ1v) is 10.6. The Bertz CT molecular complexity index is 838. The van der Waals surface area contributed by atoms with Crippen LogP contribution in [0.2, 0.25) is 10.0 Å². The van der Waals surface area contributed by atoms with Crippen molar-refractivity contribution in [1.82, 2.24) is 4.90 Å². The zero-order valence-electron chi connectivity index (χ0n) is 17.5. The van der Waals surface area contributed by atoms with Gasteiger partial charge in [0.15, 0.2) is 0 Å². The van der Waals surface area contributed by atoms with E-state index in [-0.39, 0.29) is 23.7 Å². The Kier molecular flexibility index (Phi) is 5.52. The average molecular weight is 426 g/mol. The Hall–Kier alpha value is -1.26. The molecule has 6 heteroatoms. The van der Waals surface area contributed by atoms with Gasteiger partial charge in [-0.15, -0.1) is 0 Å². The molecule has 3 rings (SSSR count). The molecule has 1 aromatic rings. The second kappa shape index (κ2) is 7.21. The summed E-state index contributed by atoms with van der Waals surface area (Å²) in [5, 5.41) is 1.03. The zero-order chi connectivity index (χ0) is 21.0. The fourth-order valence-electron chi connectivity index (χ4n) is 5.45. The van der Waals surface area contributed by atoms with E-state index < -0.39 is 10.8 Å². The number of hydrogen-bond acceptors (Lipinski definition) is 3. The number of methoxy groups -OCH3 is 1. The van der Waals surface area contributed by atoms with Crippen LogP contribution < -0.4 is 0 Å². The Balaban J connectivity index is 2.33. The number of rotatable bonds is 2. The van der Waals surface area contributed by atoms with Gasteiger partial charge in [0.2, 0.25) is 0 Å². The largest absolute Gasteiger partial charge is 0.469 e. The lowest BCUT2D eigenvalue weighted by Gasteiger charge is -2.51. The summed E-state index contributed by atoms with van der Waals surface area (Å²) in [5.74, 6) is -0.319. The summed E-state index contributed by atoms with van der Waals surface area (Å²) in [6, 6.07) is 1.92. The van der Waals surface area contributed by atoms with Crippen LogP contribution >= 0.6 is 23.2 Å². The molecule has 0 aromatic heterocycles. The Morgan fingerprint density at radius 3 is 2.50 bits per heavy atom. The van der Waals surface area contributed by atoms with Gasteiger partial charge in [-0.05, 0) is 48.3 Å². The van der Waals surface area contributed by atoms with E-state index in [0.717, 1.165) is 30.4 Å². The van der Waals surface area contributed by atoms with E-state index in [1.54, 1.807) is 11.9 Å². The van der Waals surface area contributed by atoms with Crippen molar-refractivity contribution in [3.05, 3.63) is 32.8 Å². The molecule has 1 aromatic carbocycles. The number of amides is 1. The monoisotopic (exact) mass is 425 g/mol. The third kappa shape index (κ3) is 2.95. The molecule has 28 heavy (non-hydrogen) atoms. The summed E-state index contributed by atoms with van der Waals surface area (Å²) in [4.78, 5) is 27.9. The van der Waals surface area contributed by atoms with Crippen LogP contribution in [0.3, 0.4) is 0 Å². The third-order valence-corrected chi connectivity index (χ3v) is 7.75. The van der Waals surface area contributed by atoms with Gasteiger partial charge in [0.05, 0.1) is 23.1 Å². The number of carbonyl (C=O) groups is 2. The van der Waals surface area contributed by atoms with Gasteiger partial charge in [0.25, 0.3) is 5.91 Å². The molecule has 0 radical (unpaired) electrons. The number of esters is 1. The van der Waals surface area contributed by atoms with Crippen molar-refractivity contribution in [2.24, 2.45) is 11.3 Å². The van der Waals surface area contributed by atoms with Crippen LogP contribution in [0.5, 0.6) is 0 Å². The first-order chi connectivity index (χ1) is 13.0. The second-order valence-corrected chi connectivity index (χ2v) is 9.87. The van der Waals surface area contributed by atoms with E-state index in [1.807, 2.05) is 26.8 Å². The molecule has 1 aliphatic heterocycles. The van der Waals surface area contributed by atoms with Gasteiger partial charge in [-0.3, -0.25) is 9.59 Å². The van der Waals surface area contributed by atoms with Crippen LogP contribution in [0.1, 0.15) is 74.4 Å². The van der Waals surface area contributed by atoms with Gasteiger partial charge < -0.3 is 9.64 Å². The Morgan fingerprint density at radius 2 is 1.93 bits per heavy atom. The number of ether oxygens (including phenoxy) is 1. The van der Waals surface area contributed by atoms with Crippen molar-refractivity contribution >= 4 is 35.1 Å². The van der Waals surface area contributed by atoms with Gasteiger partial charge in [-0.2, -0.15) is 0 Å². The van der Waals surface area contributed by atoms with Crippen LogP contribution in [0.4, 0.5) is 0 Å². The van der Waals surface area contributed by atoms with Gasteiger partial charge in [0.1, 0.15) is 0 Å². The van der Waals surface area contributed by atoms with Gasteiger partial charge in [-0.25, -0.2) is 0 Å². The molecular weight excluding hydrogens is 397 g/mol. The normalized spacial score (nSPS) is 30.0. The van der Waals surface area contributed by atoms with Crippen LogP contribution in [-0.2, 0) is 14.9 Å². The molecule has 2 aliphatic rings. The highest BCUT2D eigenvalue weighted by molar-refractivity contribution is 6.38. The maximum Gasteiger partial charge on any atom is 0.311 e. The lowest BCUT2D eigenvalue weighted by atomic mass is 9.53. The molecule has 154 valence electrons. The number of carbonyl (C=O) groups excluding carboxylic acids is 2. The summed E-state index contributed by atoms with van der Waals surface area (Å²) < 4.78 is 5.18. The molecule has 0 spiro atoms. The number of hydrogen-bond donors (Lipinski definition) is 0. The van der Waals surface area contributed by atoms with Gasteiger partial charge in [0, 0.05) is 24.5 Å². The predicted molar refractivity (Wildman–Crippen MR) is 112 cm³/mol. The van der Waals surface area contributed by atoms with Crippen LogP contribution in [0.25, 0.3) is 0 Å². The van der Waals surface area contributed by atoms with E-state index in [4.69, 9.17) is 27.9 Å². The molecule has 3 atom stereocenters. The third-order valence-electron chi connectivity index (χ3n) is 7.05. The number of halogens is 2. The molecule has 0 saturated heterocycles. The topological polar surface area (TPSA) is 46.6 Å². The number of benzene rings is 1. The van der Waals surface area contributed by atoms with Gasteiger partial charge >= 0.3 is 5.97 Å². The molecule has 4 nitrogen and oxygen atoms in total. The summed E-state index contributed by atoms with van der Waals surface area (Å²) in [6.45, 7) is 8.62. The minimum Gasteiger partial charge on any atom is -0.469 e. The summed E-state index contributed by atoms with van der Waals surface area (Å²) in [6.07, 6.45) is 2.48. The number of nitrogens with zero attached hydrogens (tertiary/aromatic N) is 1. The predicted octanol–water partition coefficient (Wildman–Crippen LogP) is 5.44. The van der Waals surface area contributed by atoms with Crippen molar-refractivity contribution < 1.29 is 14.3 Å². The number of fused-ring (bicyclic) bond motifs is 3. The van der Waals surface area contributed by atoms with Crippen molar-refractivity contribution in [1.29, 1.82) is 0 Å². The average Bonchev–Trinajstić information content (AvgIpc) is 2.70. The minimum atomic E-state index is -0.673. The molecule has 1 saturated carbocycles. The SMILES string of the molecule is COC(=O)[C@]1(C)CCC[C@]2(C)c3cc(Cl)c(C(C)C)c(Cl)c3C(=O)N(C)C[C@@H]12. The highest BCUT2D eigenvalue weighted by Gasteiger charge is 2.57. The molecule has 0 bridgehead atoms. The smallest absolute Gasteiger partial charge is 0.311 e. The molecular formula is C22H29Cl2NO3.